The monoisotopic (exact) mass is 270 g/mol. The van der Waals surface area contributed by atoms with Crippen LogP contribution in [-0.4, -0.2) is 14.2 Å². The summed E-state index contributed by atoms with van der Waals surface area (Å²) in [7, 11) is 3.16. The Kier molecular flexibility index (Phi) is 4.08. The maximum absolute atomic E-state index is 11.7. The van der Waals surface area contributed by atoms with Gasteiger partial charge >= 0.3 is 0 Å². The molecule has 0 N–H and O–H groups in total. The predicted molar refractivity (Wildman–Crippen MR) is 80.7 cm³/mol. The average Bonchev–Trinajstić information content (AvgIpc) is 2.64. The van der Waals surface area contributed by atoms with Crippen LogP contribution in [0.2, 0.25) is 0 Å². The smallest absolute Gasteiger partial charge is 0.220 e. The summed E-state index contributed by atoms with van der Waals surface area (Å²) in [6.07, 6.45) is 0. The lowest BCUT2D eigenvalue weighted by molar-refractivity contribution is 0.411. The van der Waals surface area contributed by atoms with Gasteiger partial charge in [-0.1, -0.05) is 18.2 Å². The van der Waals surface area contributed by atoms with Gasteiger partial charge < -0.3 is 9.47 Å². The number of methoxy groups -OCH3 is 2. The van der Waals surface area contributed by atoms with E-state index < -0.39 is 0 Å². The molecule has 0 bridgehead atoms. The van der Waals surface area contributed by atoms with Gasteiger partial charge in [-0.25, -0.2) is 0 Å². The Morgan fingerprint density at radius 2 is 1.35 bits per heavy atom. The molecular formula is C17H18O3. The van der Waals surface area contributed by atoms with E-state index in [9.17, 15) is 4.79 Å². The first-order valence-corrected chi connectivity index (χ1v) is 6.41. The second-order valence-electron chi connectivity index (χ2n) is 4.62. The van der Waals surface area contributed by atoms with Gasteiger partial charge in [0.1, 0.15) is 5.75 Å². The zero-order valence-electron chi connectivity index (χ0n) is 12.2. The second kappa shape index (κ2) is 5.78. The van der Waals surface area contributed by atoms with Gasteiger partial charge in [0.2, 0.25) is 5.43 Å². The summed E-state index contributed by atoms with van der Waals surface area (Å²) in [5, 5.41) is 0. The number of hydrogen-bond donors (Lipinski definition) is 0. The van der Waals surface area contributed by atoms with Crippen LogP contribution in [0.15, 0.2) is 41.2 Å². The fourth-order valence-corrected chi connectivity index (χ4v) is 2.23. The molecule has 104 valence electrons. The van der Waals surface area contributed by atoms with Crippen molar-refractivity contribution in [3.63, 3.8) is 0 Å². The summed E-state index contributed by atoms with van der Waals surface area (Å²) < 4.78 is 10.4. The third-order valence-corrected chi connectivity index (χ3v) is 3.56. The molecule has 0 fully saturated rings. The van der Waals surface area contributed by atoms with Crippen molar-refractivity contribution in [1.82, 2.24) is 0 Å². The first-order valence-electron chi connectivity index (χ1n) is 6.41. The molecule has 2 aromatic rings. The van der Waals surface area contributed by atoms with E-state index in [-0.39, 0.29) is 5.43 Å². The Labute approximate surface area is 118 Å². The largest absolute Gasteiger partial charge is 0.496 e. The van der Waals surface area contributed by atoms with Crippen LogP contribution in [0.25, 0.3) is 11.1 Å². The maximum atomic E-state index is 11.7. The highest BCUT2D eigenvalue weighted by atomic mass is 16.5. The van der Waals surface area contributed by atoms with Crippen LogP contribution < -0.4 is 14.9 Å². The highest BCUT2D eigenvalue weighted by Crippen LogP contribution is 2.30. The minimum Gasteiger partial charge on any atom is -0.496 e. The molecule has 0 heterocycles. The standard InChI is InChI=1S/C17H18O3/c1-11-12(2)16(19-3)10-7-14(11)13-5-8-15(18)17(20-4)9-6-13/h5-10H,1-4H3. The molecule has 0 unspecified atom stereocenters. The topological polar surface area (TPSA) is 35.5 Å². The van der Waals surface area contributed by atoms with Gasteiger partial charge in [-0.2, -0.15) is 0 Å². The minimum absolute atomic E-state index is 0.123. The van der Waals surface area contributed by atoms with Crippen molar-refractivity contribution in [3.05, 3.63) is 57.7 Å². The molecule has 0 spiro atoms. The molecule has 0 aromatic heterocycles. The van der Waals surface area contributed by atoms with Gasteiger partial charge in [0.25, 0.3) is 0 Å². The van der Waals surface area contributed by atoms with Gasteiger partial charge in [-0.15, -0.1) is 0 Å². The van der Waals surface area contributed by atoms with E-state index in [1.807, 2.05) is 31.2 Å². The number of ether oxygens (including phenoxy) is 2. The van der Waals surface area contributed by atoms with Crippen LogP contribution in [0.1, 0.15) is 11.1 Å². The van der Waals surface area contributed by atoms with Crippen molar-refractivity contribution < 1.29 is 9.47 Å². The van der Waals surface area contributed by atoms with Crippen LogP contribution in [0.5, 0.6) is 11.5 Å². The molecule has 0 atom stereocenters. The van der Waals surface area contributed by atoms with Crippen LogP contribution in [-0.2, 0) is 0 Å². The zero-order valence-corrected chi connectivity index (χ0v) is 12.2. The summed E-state index contributed by atoms with van der Waals surface area (Å²) in [5.41, 5.74) is 4.18. The number of hydrogen-bond acceptors (Lipinski definition) is 3. The summed E-state index contributed by atoms with van der Waals surface area (Å²) in [4.78, 5) is 11.7. The van der Waals surface area contributed by atoms with E-state index in [0.717, 1.165) is 28.0 Å². The Bertz CT molecular complexity index is 690. The number of rotatable bonds is 3. The molecule has 0 radical (unpaired) electrons. The van der Waals surface area contributed by atoms with E-state index in [0.29, 0.717) is 5.75 Å². The van der Waals surface area contributed by atoms with Crippen LogP contribution in [0.4, 0.5) is 0 Å². The quantitative estimate of drug-likeness (QED) is 0.858. The molecule has 0 saturated heterocycles. The second-order valence-corrected chi connectivity index (χ2v) is 4.62. The van der Waals surface area contributed by atoms with E-state index in [1.54, 1.807) is 13.2 Å². The Morgan fingerprint density at radius 3 is 2.00 bits per heavy atom. The normalized spacial score (nSPS) is 10.2. The molecular weight excluding hydrogens is 252 g/mol. The molecule has 0 amide bonds. The molecule has 0 aliphatic carbocycles. The maximum Gasteiger partial charge on any atom is 0.220 e. The Hall–Kier alpha value is -2.29. The lowest BCUT2D eigenvalue weighted by atomic mass is 9.97. The van der Waals surface area contributed by atoms with Gasteiger partial charge in [-0.3, -0.25) is 4.79 Å². The first kappa shape index (κ1) is 14.1. The summed E-state index contributed by atoms with van der Waals surface area (Å²) in [6, 6.07) is 10.9. The minimum atomic E-state index is -0.123. The van der Waals surface area contributed by atoms with Crippen molar-refractivity contribution in [1.29, 1.82) is 0 Å². The van der Waals surface area contributed by atoms with Crippen molar-refractivity contribution in [2.75, 3.05) is 14.2 Å². The molecule has 3 nitrogen and oxygen atoms in total. The SMILES string of the molecule is COc1ccc(-c2ccc(OC)c(=O)cc2)c(C)c1C. The lowest BCUT2D eigenvalue weighted by Gasteiger charge is -2.12. The average molecular weight is 270 g/mol. The van der Waals surface area contributed by atoms with E-state index >= 15 is 0 Å². The van der Waals surface area contributed by atoms with E-state index in [4.69, 9.17) is 9.47 Å². The molecule has 0 aliphatic rings. The Balaban J connectivity index is 2.61. The zero-order chi connectivity index (χ0) is 14.7. The molecule has 0 saturated carbocycles. The van der Waals surface area contributed by atoms with Crippen molar-refractivity contribution in [2.24, 2.45) is 0 Å². The van der Waals surface area contributed by atoms with Gasteiger partial charge in [-0.05, 0) is 54.3 Å². The van der Waals surface area contributed by atoms with Crippen molar-refractivity contribution in [2.45, 2.75) is 13.8 Å². The predicted octanol–water partition coefficient (Wildman–Crippen LogP) is 3.35. The summed E-state index contributed by atoms with van der Waals surface area (Å²) in [6.45, 7) is 4.08. The van der Waals surface area contributed by atoms with Crippen molar-refractivity contribution >= 4 is 0 Å². The fraction of sp³-hybridized carbons (Fsp3) is 0.235. The molecule has 0 aliphatic heterocycles. The Morgan fingerprint density at radius 1 is 0.750 bits per heavy atom. The van der Waals surface area contributed by atoms with E-state index in [2.05, 4.69) is 6.92 Å². The lowest BCUT2D eigenvalue weighted by Crippen LogP contribution is -1.98. The molecule has 2 rings (SSSR count). The third kappa shape index (κ3) is 2.52. The molecule has 3 heteroatoms. The fourth-order valence-electron chi connectivity index (χ4n) is 2.23. The highest BCUT2D eigenvalue weighted by molar-refractivity contribution is 5.70. The van der Waals surface area contributed by atoms with Gasteiger partial charge in [0.05, 0.1) is 14.2 Å². The molecule has 20 heavy (non-hydrogen) atoms. The van der Waals surface area contributed by atoms with Crippen LogP contribution in [0, 0.1) is 13.8 Å². The number of benzene rings is 1. The van der Waals surface area contributed by atoms with Gasteiger partial charge in [0.15, 0.2) is 5.75 Å². The summed E-state index contributed by atoms with van der Waals surface area (Å²) in [5.74, 6) is 1.22. The third-order valence-electron chi connectivity index (χ3n) is 3.56. The van der Waals surface area contributed by atoms with E-state index in [1.165, 1.54) is 13.2 Å². The van der Waals surface area contributed by atoms with Crippen LogP contribution in [0.3, 0.4) is 0 Å². The van der Waals surface area contributed by atoms with Gasteiger partial charge in [0, 0.05) is 0 Å². The molecule has 2 aromatic carbocycles. The first-order chi connectivity index (χ1) is 9.58. The van der Waals surface area contributed by atoms with Crippen molar-refractivity contribution in [3.8, 4) is 22.6 Å². The highest BCUT2D eigenvalue weighted by Gasteiger charge is 2.08. The van der Waals surface area contributed by atoms with Crippen LogP contribution >= 0.6 is 0 Å². The summed E-state index contributed by atoms with van der Waals surface area (Å²) >= 11 is 0.